The highest BCUT2D eigenvalue weighted by Crippen LogP contribution is 2.09. The zero-order valence-electron chi connectivity index (χ0n) is 12.6. The number of aromatic nitrogens is 1. The molecule has 0 unspecified atom stereocenters. The molecule has 0 bridgehead atoms. The van der Waals surface area contributed by atoms with Gasteiger partial charge < -0.3 is 10.6 Å². The maximum Gasteiger partial charge on any atom is 0.253 e. The van der Waals surface area contributed by atoms with E-state index in [0.29, 0.717) is 12.1 Å². The smallest absolute Gasteiger partial charge is 0.253 e. The van der Waals surface area contributed by atoms with Gasteiger partial charge in [0, 0.05) is 25.5 Å². The summed E-state index contributed by atoms with van der Waals surface area (Å²) < 4.78 is 12.8. The average molecular weight is 301 g/mol. The number of hydrogen-bond donors (Lipinski definition) is 2. The van der Waals surface area contributed by atoms with Crippen molar-refractivity contribution in [3.05, 3.63) is 59.7 Å². The molecule has 22 heavy (non-hydrogen) atoms. The van der Waals surface area contributed by atoms with Gasteiger partial charge in [0.25, 0.3) is 5.91 Å². The Morgan fingerprint density at radius 2 is 2.00 bits per heavy atom. The molecule has 0 aliphatic rings. The van der Waals surface area contributed by atoms with Crippen LogP contribution in [0.2, 0.25) is 0 Å². The van der Waals surface area contributed by atoms with Crippen LogP contribution in [0.15, 0.2) is 42.7 Å². The van der Waals surface area contributed by atoms with Crippen LogP contribution >= 0.6 is 0 Å². The van der Waals surface area contributed by atoms with Crippen molar-refractivity contribution >= 4 is 11.6 Å². The lowest BCUT2D eigenvalue weighted by Gasteiger charge is -2.08. The highest BCUT2D eigenvalue weighted by Gasteiger charge is 2.07. The van der Waals surface area contributed by atoms with Crippen molar-refractivity contribution in [2.45, 2.75) is 26.3 Å². The first-order valence-corrected chi connectivity index (χ1v) is 7.40. The van der Waals surface area contributed by atoms with Gasteiger partial charge in [-0.3, -0.25) is 9.78 Å². The Balaban J connectivity index is 1.91. The fraction of sp³-hybridized carbons (Fsp3) is 0.294. The number of unbranched alkanes of at least 4 members (excludes halogenated alkanes) is 1. The van der Waals surface area contributed by atoms with Crippen molar-refractivity contribution in [3.63, 3.8) is 0 Å². The van der Waals surface area contributed by atoms with Crippen LogP contribution in [0.3, 0.4) is 0 Å². The van der Waals surface area contributed by atoms with Crippen LogP contribution in [0.4, 0.5) is 10.1 Å². The molecule has 2 N–H and O–H groups in total. The van der Waals surface area contributed by atoms with Gasteiger partial charge in [-0.25, -0.2) is 4.39 Å². The number of nitrogens with zero attached hydrogens (tertiary/aromatic N) is 1. The minimum Gasteiger partial charge on any atom is -0.384 e. The third-order valence-corrected chi connectivity index (χ3v) is 3.23. The largest absolute Gasteiger partial charge is 0.384 e. The van der Waals surface area contributed by atoms with E-state index in [4.69, 9.17) is 0 Å². The highest BCUT2D eigenvalue weighted by atomic mass is 19.1. The molecule has 2 aromatic rings. The minimum absolute atomic E-state index is 0.198. The third kappa shape index (κ3) is 4.84. The van der Waals surface area contributed by atoms with Crippen molar-refractivity contribution in [2.24, 2.45) is 0 Å². The number of nitrogens with one attached hydrogen (secondary N) is 2. The first-order chi connectivity index (χ1) is 10.7. The third-order valence-electron chi connectivity index (χ3n) is 3.23. The SMILES string of the molecule is CCCCNc1cncc(C(=O)NCc2ccc(F)cc2)c1. The van der Waals surface area contributed by atoms with E-state index in [9.17, 15) is 9.18 Å². The van der Waals surface area contributed by atoms with Gasteiger partial charge >= 0.3 is 0 Å². The quantitative estimate of drug-likeness (QED) is 0.771. The number of anilines is 1. The molecule has 1 aromatic heterocycles. The number of amides is 1. The topological polar surface area (TPSA) is 54.0 Å². The summed E-state index contributed by atoms with van der Waals surface area (Å²) in [6.07, 6.45) is 5.41. The van der Waals surface area contributed by atoms with E-state index in [-0.39, 0.29) is 11.7 Å². The standard InChI is InChI=1S/C17H20FN3O/c1-2-3-8-20-16-9-14(11-19-12-16)17(22)21-10-13-4-6-15(18)7-5-13/h4-7,9,11-12,20H,2-3,8,10H2,1H3,(H,21,22). The molecular formula is C17H20FN3O. The summed E-state index contributed by atoms with van der Waals surface area (Å²) >= 11 is 0. The van der Waals surface area contributed by atoms with Gasteiger partial charge in [-0.15, -0.1) is 0 Å². The van der Waals surface area contributed by atoms with Crippen molar-refractivity contribution < 1.29 is 9.18 Å². The molecule has 0 aliphatic carbocycles. The average Bonchev–Trinajstić information content (AvgIpc) is 2.54. The molecule has 0 radical (unpaired) electrons. The Kier molecular flexibility index (Phi) is 5.89. The van der Waals surface area contributed by atoms with Gasteiger partial charge in [0.1, 0.15) is 5.82 Å². The van der Waals surface area contributed by atoms with Gasteiger partial charge in [-0.2, -0.15) is 0 Å². The number of hydrogen-bond acceptors (Lipinski definition) is 3. The van der Waals surface area contributed by atoms with Gasteiger partial charge in [0.15, 0.2) is 0 Å². The van der Waals surface area contributed by atoms with E-state index in [1.54, 1.807) is 24.4 Å². The van der Waals surface area contributed by atoms with Crippen LogP contribution in [-0.2, 0) is 6.54 Å². The summed E-state index contributed by atoms with van der Waals surface area (Å²) in [6, 6.07) is 7.83. The maximum atomic E-state index is 12.8. The first kappa shape index (κ1) is 15.9. The molecule has 4 nitrogen and oxygen atoms in total. The Morgan fingerprint density at radius 3 is 2.73 bits per heavy atom. The summed E-state index contributed by atoms with van der Waals surface area (Å²) in [5, 5.41) is 6.04. The van der Waals surface area contributed by atoms with Gasteiger partial charge in [-0.1, -0.05) is 25.5 Å². The van der Waals surface area contributed by atoms with E-state index >= 15 is 0 Å². The van der Waals surface area contributed by atoms with E-state index in [2.05, 4.69) is 22.5 Å². The van der Waals surface area contributed by atoms with Crippen LogP contribution < -0.4 is 10.6 Å². The molecule has 0 spiro atoms. The second-order valence-electron chi connectivity index (χ2n) is 5.05. The lowest BCUT2D eigenvalue weighted by atomic mass is 10.2. The van der Waals surface area contributed by atoms with E-state index < -0.39 is 0 Å². The number of carbonyl (C=O) groups excluding carboxylic acids is 1. The zero-order chi connectivity index (χ0) is 15.8. The lowest BCUT2D eigenvalue weighted by molar-refractivity contribution is 0.0950. The molecule has 0 atom stereocenters. The van der Waals surface area contributed by atoms with Crippen molar-refractivity contribution in [1.82, 2.24) is 10.3 Å². The number of halogens is 1. The van der Waals surface area contributed by atoms with Crippen LogP contribution in [0.5, 0.6) is 0 Å². The second kappa shape index (κ2) is 8.12. The van der Waals surface area contributed by atoms with Crippen LogP contribution in [0.25, 0.3) is 0 Å². The van der Waals surface area contributed by atoms with E-state index in [1.165, 1.54) is 18.3 Å². The molecule has 1 amide bonds. The number of carbonyl (C=O) groups is 1. The summed E-state index contributed by atoms with van der Waals surface area (Å²) in [5.41, 5.74) is 2.19. The minimum atomic E-state index is -0.287. The fourth-order valence-corrected chi connectivity index (χ4v) is 1.96. The van der Waals surface area contributed by atoms with Gasteiger partial charge in [0.2, 0.25) is 0 Å². The predicted octanol–water partition coefficient (Wildman–Crippen LogP) is 3.36. The second-order valence-corrected chi connectivity index (χ2v) is 5.05. The molecule has 1 heterocycles. The Labute approximate surface area is 129 Å². The molecule has 0 fully saturated rings. The molecule has 2 rings (SSSR count). The summed E-state index contributed by atoms with van der Waals surface area (Å²) in [6.45, 7) is 3.34. The van der Waals surface area contributed by atoms with Crippen LogP contribution in [0, 0.1) is 5.82 Å². The highest BCUT2D eigenvalue weighted by molar-refractivity contribution is 5.94. The monoisotopic (exact) mass is 301 g/mol. The number of pyridine rings is 1. The molecule has 0 aliphatic heterocycles. The Hall–Kier alpha value is -2.43. The Morgan fingerprint density at radius 1 is 1.23 bits per heavy atom. The van der Waals surface area contributed by atoms with Crippen molar-refractivity contribution in [2.75, 3.05) is 11.9 Å². The fourth-order valence-electron chi connectivity index (χ4n) is 1.96. The summed E-state index contributed by atoms with van der Waals surface area (Å²) in [7, 11) is 0. The normalized spacial score (nSPS) is 10.3. The van der Waals surface area contributed by atoms with Crippen LogP contribution in [0.1, 0.15) is 35.7 Å². The van der Waals surface area contributed by atoms with Gasteiger partial charge in [-0.05, 0) is 30.2 Å². The molecule has 5 heteroatoms. The van der Waals surface area contributed by atoms with Crippen molar-refractivity contribution in [3.8, 4) is 0 Å². The maximum absolute atomic E-state index is 12.8. The number of rotatable bonds is 7. The lowest BCUT2D eigenvalue weighted by Crippen LogP contribution is -2.23. The molecule has 116 valence electrons. The summed E-state index contributed by atoms with van der Waals surface area (Å²) in [5.74, 6) is -0.485. The van der Waals surface area contributed by atoms with E-state index in [1.807, 2.05) is 0 Å². The summed E-state index contributed by atoms with van der Waals surface area (Å²) in [4.78, 5) is 16.2. The first-order valence-electron chi connectivity index (χ1n) is 7.40. The predicted molar refractivity (Wildman–Crippen MR) is 85.2 cm³/mol. The molecule has 0 saturated heterocycles. The number of benzene rings is 1. The van der Waals surface area contributed by atoms with E-state index in [0.717, 1.165) is 30.6 Å². The van der Waals surface area contributed by atoms with Gasteiger partial charge in [0.05, 0.1) is 11.3 Å². The Bertz CT molecular complexity index is 614. The molecule has 0 saturated carbocycles. The molecular weight excluding hydrogens is 281 g/mol. The molecule has 1 aromatic carbocycles. The van der Waals surface area contributed by atoms with Crippen molar-refractivity contribution in [1.29, 1.82) is 0 Å². The van der Waals surface area contributed by atoms with Crippen LogP contribution in [-0.4, -0.2) is 17.4 Å². The zero-order valence-corrected chi connectivity index (χ0v) is 12.6.